The molecule has 0 fully saturated rings. The summed E-state index contributed by atoms with van der Waals surface area (Å²) in [5.74, 6) is -5.08. The van der Waals surface area contributed by atoms with Crippen LogP contribution in [-0.4, -0.2) is 23.6 Å². The van der Waals surface area contributed by atoms with E-state index in [0.717, 1.165) is 36.4 Å². The third-order valence-corrected chi connectivity index (χ3v) is 6.15. The minimum absolute atomic E-state index is 0.0254. The summed E-state index contributed by atoms with van der Waals surface area (Å²) in [6, 6.07) is 8.46. The maximum Gasteiger partial charge on any atom is 0.416 e. The van der Waals surface area contributed by atoms with Gasteiger partial charge in [0.1, 0.15) is 23.7 Å². The number of nitrogens with zero attached hydrogens (tertiary/aromatic N) is 2. The van der Waals surface area contributed by atoms with Crippen LogP contribution in [-0.2, 0) is 17.5 Å². The number of carbonyl (C=O) groups excluding carboxylic acids is 2. The largest absolute Gasteiger partial charge is 0.619 e. The molecule has 0 aliphatic heterocycles. The van der Waals surface area contributed by atoms with Crippen LogP contribution in [0.3, 0.4) is 0 Å². The number of amides is 2. The molecule has 3 N–H and O–H groups in total. The van der Waals surface area contributed by atoms with E-state index in [-0.39, 0.29) is 28.4 Å². The molecule has 2 aromatic heterocycles. The lowest BCUT2D eigenvalue weighted by Crippen LogP contribution is -2.28. The van der Waals surface area contributed by atoms with Crippen LogP contribution in [0.2, 0.25) is 0 Å². The van der Waals surface area contributed by atoms with Crippen LogP contribution >= 0.6 is 15.9 Å². The van der Waals surface area contributed by atoms with Crippen LogP contribution in [0.15, 0.2) is 70.0 Å². The predicted octanol–water partition coefficient (Wildman–Crippen LogP) is 5.18. The van der Waals surface area contributed by atoms with E-state index in [2.05, 4.69) is 26.2 Å². The van der Waals surface area contributed by atoms with Gasteiger partial charge in [-0.2, -0.15) is 17.9 Å². The molecule has 10 nitrogen and oxygen atoms in total. The number of primary amides is 1. The minimum Gasteiger partial charge on any atom is -0.619 e. The lowest BCUT2D eigenvalue weighted by molar-refractivity contribution is -0.605. The third-order valence-electron chi connectivity index (χ3n) is 5.61. The van der Waals surface area contributed by atoms with Crippen molar-refractivity contribution in [3.8, 4) is 17.0 Å². The molecule has 0 saturated carbocycles. The average molecular weight is 657 g/mol. The van der Waals surface area contributed by atoms with E-state index in [9.17, 15) is 36.7 Å². The molecule has 42 heavy (non-hydrogen) atoms. The van der Waals surface area contributed by atoms with E-state index >= 15 is 0 Å². The van der Waals surface area contributed by atoms with Crippen LogP contribution in [0.4, 0.5) is 26.7 Å². The van der Waals surface area contributed by atoms with Gasteiger partial charge in [0.2, 0.25) is 12.0 Å². The second kappa shape index (κ2) is 12.4. The Hall–Kier alpha value is -4.73. The molecule has 2 aromatic carbocycles. The van der Waals surface area contributed by atoms with Crippen molar-refractivity contribution < 1.29 is 50.2 Å². The van der Waals surface area contributed by atoms with Crippen molar-refractivity contribution in [3.63, 3.8) is 0 Å². The predicted molar refractivity (Wildman–Crippen MR) is 136 cm³/mol. The molecule has 0 aliphatic carbocycles. The maximum atomic E-state index is 14.9. The summed E-state index contributed by atoms with van der Waals surface area (Å²) in [6.07, 6.45) is -4.60. The van der Waals surface area contributed by atoms with E-state index in [1.807, 2.05) is 0 Å². The molecule has 1 unspecified atom stereocenters. The highest BCUT2D eigenvalue weighted by molar-refractivity contribution is 9.10. The molecule has 0 aliphatic rings. The number of alkyl carbamates (subject to hydrolysis) is 1. The summed E-state index contributed by atoms with van der Waals surface area (Å²) in [5.41, 5.74) is 3.89. The SMILES string of the molecule is NC(=O)c1c(F)ccc(OC(COC(=O)NCc2cc[n+]([O-])cc2)c2nc(-c3ccc(C(F)(F)F)cc3)c(Br)o2)c1F. The number of benzene rings is 2. The zero-order valence-corrected chi connectivity index (χ0v) is 22.5. The fourth-order valence-electron chi connectivity index (χ4n) is 3.55. The monoisotopic (exact) mass is 656 g/mol. The zero-order valence-electron chi connectivity index (χ0n) is 21.0. The molecule has 16 heteroatoms. The molecule has 2 amide bonds. The van der Waals surface area contributed by atoms with Gasteiger partial charge in [-0.3, -0.25) is 4.79 Å². The number of nitrogens with two attached hydrogens (primary N) is 1. The van der Waals surface area contributed by atoms with Crippen molar-refractivity contribution >= 4 is 27.9 Å². The van der Waals surface area contributed by atoms with Crippen LogP contribution in [0.5, 0.6) is 5.75 Å². The molecular weight excluding hydrogens is 639 g/mol. The molecule has 0 bridgehead atoms. The van der Waals surface area contributed by atoms with Gasteiger partial charge in [-0.05, 0) is 45.8 Å². The second-order valence-electron chi connectivity index (χ2n) is 8.47. The van der Waals surface area contributed by atoms with Gasteiger partial charge in [0.25, 0.3) is 5.91 Å². The van der Waals surface area contributed by atoms with Crippen molar-refractivity contribution in [2.45, 2.75) is 18.8 Å². The molecule has 1 atom stereocenters. The Bertz CT molecular complexity index is 1600. The summed E-state index contributed by atoms with van der Waals surface area (Å²) >= 11 is 3.12. The standard InChI is InChI=1S/C26H18BrF5N4O6/c27-22-21(14-1-3-15(4-2-14)26(30,31)32)35-24(42-22)18(41-17-6-5-16(28)19(20(17)29)23(33)37)12-40-25(38)34-11-13-7-9-36(39)10-8-13/h1-10,18H,11-12H2,(H2,33,37)(H,34,38). The lowest BCUT2D eigenvalue weighted by atomic mass is 10.1. The Morgan fingerprint density at radius 1 is 1.10 bits per heavy atom. The number of nitrogens with one attached hydrogen (secondary N) is 1. The van der Waals surface area contributed by atoms with Crippen LogP contribution < -0.4 is 20.5 Å². The zero-order chi connectivity index (χ0) is 30.6. The van der Waals surface area contributed by atoms with Gasteiger partial charge in [-0.25, -0.2) is 18.6 Å². The van der Waals surface area contributed by atoms with Crippen molar-refractivity contribution in [1.29, 1.82) is 0 Å². The molecule has 2 heterocycles. The Kier molecular flexibility index (Phi) is 8.94. The van der Waals surface area contributed by atoms with Crippen LogP contribution in [0.25, 0.3) is 11.3 Å². The smallest absolute Gasteiger partial charge is 0.416 e. The maximum absolute atomic E-state index is 14.9. The Labute approximate surface area is 241 Å². The lowest BCUT2D eigenvalue weighted by Gasteiger charge is -2.18. The number of rotatable bonds is 9. The van der Waals surface area contributed by atoms with Crippen LogP contribution in [0.1, 0.15) is 33.5 Å². The van der Waals surface area contributed by atoms with Gasteiger partial charge >= 0.3 is 12.3 Å². The highest BCUT2D eigenvalue weighted by atomic mass is 79.9. The average Bonchev–Trinajstić information content (AvgIpc) is 3.32. The summed E-state index contributed by atoms with van der Waals surface area (Å²) in [4.78, 5) is 28.1. The van der Waals surface area contributed by atoms with E-state index in [0.29, 0.717) is 10.3 Å². The van der Waals surface area contributed by atoms with Crippen molar-refractivity contribution in [2.24, 2.45) is 5.73 Å². The molecule has 0 radical (unpaired) electrons. The number of alkyl halides is 3. The highest BCUT2D eigenvalue weighted by Gasteiger charge is 2.31. The fraction of sp³-hybridized carbons (Fsp3) is 0.154. The molecule has 4 rings (SSSR count). The molecule has 220 valence electrons. The summed E-state index contributed by atoms with van der Waals surface area (Å²) < 4.78 is 84.6. The molecule has 0 spiro atoms. The van der Waals surface area contributed by atoms with Gasteiger partial charge in [-0.1, -0.05) is 12.1 Å². The topological polar surface area (TPSA) is 144 Å². The van der Waals surface area contributed by atoms with E-state index in [1.54, 1.807) is 0 Å². The Morgan fingerprint density at radius 3 is 2.38 bits per heavy atom. The van der Waals surface area contributed by atoms with Gasteiger partial charge in [0.05, 0.1) is 5.56 Å². The van der Waals surface area contributed by atoms with Crippen LogP contribution in [0, 0.1) is 16.8 Å². The third kappa shape index (κ3) is 7.12. The van der Waals surface area contributed by atoms with Crippen molar-refractivity contribution in [2.75, 3.05) is 6.61 Å². The Balaban J connectivity index is 1.59. The van der Waals surface area contributed by atoms with Gasteiger partial charge < -0.3 is 30.1 Å². The highest BCUT2D eigenvalue weighted by Crippen LogP contribution is 2.36. The number of halogens is 6. The number of pyridine rings is 1. The normalized spacial score (nSPS) is 12.0. The first-order chi connectivity index (χ1) is 19.8. The summed E-state index contributed by atoms with van der Waals surface area (Å²) in [7, 11) is 0. The van der Waals surface area contributed by atoms with Gasteiger partial charge in [0.15, 0.2) is 28.6 Å². The van der Waals surface area contributed by atoms with E-state index in [4.69, 9.17) is 19.6 Å². The Morgan fingerprint density at radius 2 is 1.76 bits per heavy atom. The molecule has 4 aromatic rings. The number of ether oxygens (including phenoxy) is 2. The summed E-state index contributed by atoms with van der Waals surface area (Å²) in [6.45, 7) is -0.689. The van der Waals surface area contributed by atoms with E-state index in [1.165, 1.54) is 24.5 Å². The first kappa shape index (κ1) is 30.2. The van der Waals surface area contributed by atoms with Crippen molar-refractivity contribution in [3.05, 3.63) is 105 Å². The van der Waals surface area contributed by atoms with Gasteiger partial charge in [-0.15, -0.1) is 0 Å². The second-order valence-corrected chi connectivity index (χ2v) is 9.19. The number of hydrogen-bond acceptors (Lipinski definition) is 7. The molecular formula is C26H18BrF5N4O6. The van der Waals surface area contributed by atoms with E-state index < -0.39 is 59.4 Å². The summed E-state index contributed by atoms with van der Waals surface area (Å²) in [5, 5.41) is 13.6. The van der Waals surface area contributed by atoms with Crippen molar-refractivity contribution in [1.82, 2.24) is 10.3 Å². The fourth-order valence-corrected chi connectivity index (χ4v) is 4.03. The first-order valence-electron chi connectivity index (χ1n) is 11.7. The minimum atomic E-state index is -4.57. The number of hydrogen-bond donors (Lipinski definition) is 2. The van der Waals surface area contributed by atoms with Gasteiger partial charge in [0, 0.05) is 24.2 Å². The quantitative estimate of drug-likeness (QED) is 0.144. The number of carbonyl (C=O) groups is 2. The first-order valence-corrected chi connectivity index (χ1v) is 12.5. The molecule has 0 saturated heterocycles. The number of oxazole rings is 1. The number of aromatic nitrogens is 2.